The first kappa shape index (κ1) is 24.9. The third-order valence-electron chi connectivity index (χ3n) is 8.07. The van der Waals surface area contributed by atoms with E-state index >= 15 is 0 Å². The van der Waals surface area contributed by atoms with Crippen molar-refractivity contribution in [3.8, 4) is 0 Å². The zero-order valence-electron chi connectivity index (χ0n) is 20.0. The molecule has 2 fully saturated rings. The Bertz CT molecular complexity index is 772. The lowest BCUT2D eigenvalue weighted by atomic mass is 9.92. The molecule has 1 aromatic carbocycles. The van der Waals surface area contributed by atoms with Crippen LogP contribution in [0.25, 0.3) is 5.57 Å². The highest BCUT2D eigenvalue weighted by molar-refractivity contribution is 7.67. The van der Waals surface area contributed by atoms with Gasteiger partial charge in [0.2, 0.25) is 0 Å². The van der Waals surface area contributed by atoms with Gasteiger partial charge in [-0.3, -0.25) is 12.9 Å². The maximum absolute atomic E-state index is 9.67. The molecule has 0 heterocycles. The Kier molecular flexibility index (Phi) is 8.76. The molecule has 0 saturated heterocycles. The molecule has 4 rings (SSSR count). The minimum atomic E-state index is -3.67. The second-order valence-corrected chi connectivity index (χ2v) is 12.7. The monoisotopic (exact) mass is 450 g/mol. The molecule has 0 aromatic heterocycles. The van der Waals surface area contributed by atoms with Crippen molar-refractivity contribution in [1.82, 2.24) is 0 Å². The number of allylic oxidation sites excluding steroid dienone is 2. The summed E-state index contributed by atoms with van der Waals surface area (Å²) < 4.78 is 29.0. The molecule has 0 N–H and O–H groups in total. The van der Waals surface area contributed by atoms with E-state index in [0.717, 1.165) is 11.3 Å². The van der Waals surface area contributed by atoms with Gasteiger partial charge in [-0.2, -0.15) is 0 Å². The summed E-state index contributed by atoms with van der Waals surface area (Å²) in [6, 6.07) is 2.67. The van der Waals surface area contributed by atoms with Crippen molar-refractivity contribution in [2.24, 2.45) is 0 Å². The Morgan fingerprint density at radius 1 is 0.806 bits per heavy atom. The van der Waals surface area contributed by atoms with Gasteiger partial charge in [-0.15, -0.1) is 0 Å². The molecule has 1 aromatic rings. The summed E-state index contributed by atoms with van der Waals surface area (Å²) in [6.45, 7) is 12.0. The largest absolute Gasteiger partial charge is 0.762 e. The van der Waals surface area contributed by atoms with Gasteiger partial charge in [-0.05, 0) is 97.8 Å². The van der Waals surface area contributed by atoms with Crippen molar-refractivity contribution in [2.45, 2.75) is 116 Å². The van der Waals surface area contributed by atoms with Crippen molar-refractivity contribution in [3.05, 3.63) is 33.9 Å². The van der Waals surface area contributed by atoms with E-state index in [2.05, 4.69) is 40.7 Å². The lowest BCUT2D eigenvalue weighted by Gasteiger charge is -2.40. The van der Waals surface area contributed by atoms with Gasteiger partial charge in [0, 0.05) is 5.92 Å². The normalized spacial score (nSPS) is 22.4. The van der Waals surface area contributed by atoms with Crippen LogP contribution >= 0.6 is 7.92 Å². The average Bonchev–Trinajstić information content (AvgIpc) is 2.98. The van der Waals surface area contributed by atoms with Gasteiger partial charge >= 0.3 is 7.54 Å². The Balaban J connectivity index is 0.000000628. The summed E-state index contributed by atoms with van der Waals surface area (Å²) in [5, 5.41) is 1.81. The highest BCUT2D eigenvalue weighted by Gasteiger charge is 2.36. The second kappa shape index (κ2) is 10.9. The summed E-state index contributed by atoms with van der Waals surface area (Å²) in [5.41, 5.74) is 11.7. The van der Waals surface area contributed by atoms with E-state index in [1.165, 1.54) is 64.2 Å². The van der Waals surface area contributed by atoms with Crippen LogP contribution < -0.4 is 5.30 Å². The van der Waals surface area contributed by atoms with Crippen LogP contribution in [0.3, 0.4) is 0 Å². The fourth-order valence-corrected chi connectivity index (χ4v) is 10.4. The molecule has 172 valence electrons. The predicted octanol–water partition coefficient (Wildman–Crippen LogP) is 8.87. The molecule has 0 spiro atoms. The summed E-state index contributed by atoms with van der Waals surface area (Å²) in [5.74, 6) is 0.614. The second-order valence-electron chi connectivity index (χ2n) is 9.89. The van der Waals surface area contributed by atoms with Crippen molar-refractivity contribution in [1.29, 1.82) is 0 Å². The molecule has 1 unspecified atom stereocenters. The zero-order valence-corrected chi connectivity index (χ0v) is 20.9. The molecule has 31 heavy (non-hydrogen) atoms. The van der Waals surface area contributed by atoms with Gasteiger partial charge in [-0.25, -0.2) is 0 Å². The van der Waals surface area contributed by atoms with Gasteiger partial charge in [0.1, 0.15) is 0 Å². The molecule has 1 atom stereocenters. The number of aryl methyl sites for hydroxylation is 1. The fraction of sp³-hybridized carbons (Fsp3) is 0.692. The van der Waals surface area contributed by atoms with E-state index in [-0.39, 0.29) is 7.92 Å². The third-order valence-corrected chi connectivity index (χ3v) is 11.7. The molecule has 0 nitrogen and oxygen atoms in total. The maximum Gasteiger partial charge on any atom is 0.762 e. The summed E-state index contributed by atoms with van der Waals surface area (Å²) in [4.78, 5) is 0. The van der Waals surface area contributed by atoms with Gasteiger partial charge in [0.15, 0.2) is 0 Å². The first-order valence-corrected chi connectivity index (χ1v) is 13.7. The Hall–Kier alpha value is -0.755. The quantitative estimate of drug-likeness (QED) is 0.319. The van der Waals surface area contributed by atoms with Crippen LogP contribution in [-0.2, 0) is 0 Å². The summed E-state index contributed by atoms with van der Waals surface area (Å²) in [6.07, 6.45) is 14.9. The zero-order chi connectivity index (χ0) is 22.7. The minimum absolute atomic E-state index is 0.00585. The molecule has 2 saturated carbocycles. The molecule has 3 aliphatic carbocycles. The molecule has 3 aliphatic rings. The van der Waals surface area contributed by atoms with Crippen LogP contribution in [0.2, 0.25) is 0 Å². The molecule has 0 radical (unpaired) electrons. The van der Waals surface area contributed by atoms with E-state index in [1.807, 2.05) is 0 Å². The number of fused-ring (bicyclic) bond motifs is 1. The van der Waals surface area contributed by atoms with Crippen LogP contribution in [0.5, 0.6) is 0 Å². The molecule has 0 amide bonds. The molecule has 0 aliphatic heterocycles. The highest BCUT2D eigenvalue weighted by atomic mass is 31.1. The first-order valence-electron chi connectivity index (χ1n) is 12.3. The van der Waals surface area contributed by atoms with Gasteiger partial charge in [0.25, 0.3) is 0 Å². The fourth-order valence-electron chi connectivity index (χ4n) is 6.38. The minimum Gasteiger partial charge on any atom is -0.254 e. The lowest BCUT2D eigenvalue weighted by Crippen LogP contribution is -2.28. The van der Waals surface area contributed by atoms with Gasteiger partial charge in [-0.1, -0.05) is 65.0 Å². The van der Waals surface area contributed by atoms with E-state index in [4.69, 9.17) is 0 Å². The van der Waals surface area contributed by atoms with Crippen molar-refractivity contribution < 1.29 is 12.9 Å². The van der Waals surface area contributed by atoms with Crippen LogP contribution in [0.1, 0.15) is 113 Å². The van der Waals surface area contributed by atoms with E-state index in [9.17, 15) is 12.9 Å². The van der Waals surface area contributed by atoms with E-state index in [0.29, 0.717) is 5.92 Å². The Labute approximate surface area is 189 Å². The van der Waals surface area contributed by atoms with Crippen molar-refractivity contribution in [2.75, 3.05) is 0 Å². The molecule has 5 heteroatoms. The van der Waals surface area contributed by atoms with Gasteiger partial charge < -0.3 is 0 Å². The van der Waals surface area contributed by atoms with Crippen LogP contribution in [-0.4, -0.2) is 18.9 Å². The third kappa shape index (κ3) is 5.43. The van der Waals surface area contributed by atoms with Crippen LogP contribution in [0.4, 0.5) is 12.9 Å². The Morgan fingerprint density at radius 2 is 1.26 bits per heavy atom. The smallest absolute Gasteiger partial charge is 0.254 e. The van der Waals surface area contributed by atoms with Crippen molar-refractivity contribution >= 4 is 26.3 Å². The van der Waals surface area contributed by atoms with Gasteiger partial charge in [0.05, 0.1) is 0 Å². The highest BCUT2D eigenvalue weighted by Crippen LogP contribution is 2.57. The van der Waals surface area contributed by atoms with Crippen molar-refractivity contribution in [3.63, 3.8) is 0 Å². The maximum atomic E-state index is 9.67. The first-order chi connectivity index (χ1) is 14.7. The van der Waals surface area contributed by atoms with E-state index in [1.54, 1.807) is 38.7 Å². The SMILES string of the molecule is CC1=C(C)C(C)c2c(C)cc(P(C3CCCCC3)C3CCCCC3)c(C)c21.FB(F)F. The standard InChI is InChI=1S/C26H39P.BF3/c1-17-16-24(21(5)26-20(4)18(2)19(3)25(17)26)27(22-12-8-6-9-13-22)23-14-10-7-11-15-23;2-1(3)4/h16,19,22-23H,6-15H2,1-5H3;. The number of halogens is 3. The number of hydrogen-bond donors (Lipinski definition) is 0. The Morgan fingerprint density at radius 3 is 1.71 bits per heavy atom. The summed E-state index contributed by atoms with van der Waals surface area (Å²) >= 11 is 0. The predicted molar refractivity (Wildman–Crippen MR) is 132 cm³/mol. The number of rotatable bonds is 3. The topological polar surface area (TPSA) is 0 Å². The number of hydrogen-bond acceptors (Lipinski definition) is 0. The van der Waals surface area contributed by atoms with Crippen LogP contribution in [0, 0.1) is 13.8 Å². The molecular weight excluding hydrogens is 411 g/mol. The van der Waals surface area contributed by atoms with E-state index < -0.39 is 7.54 Å². The average molecular weight is 450 g/mol. The van der Waals surface area contributed by atoms with Crippen LogP contribution in [0.15, 0.2) is 11.6 Å². The molecular formula is C26H39BF3P. The molecule has 0 bridgehead atoms. The number of benzene rings is 1. The summed E-state index contributed by atoms with van der Waals surface area (Å²) in [7, 11) is -3.67. The lowest BCUT2D eigenvalue weighted by molar-refractivity contribution is 0.487.